The van der Waals surface area contributed by atoms with Crippen molar-refractivity contribution in [2.24, 2.45) is 4.99 Å². The second-order valence-electron chi connectivity index (χ2n) is 3.99. The number of aliphatic imine (C=N–C) groups is 1. The van der Waals surface area contributed by atoms with Crippen LogP contribution in [-0.4, -0.2) is 11.2 Å². The fraction of sp³-hybridized carbons (Fsp3) is 0. The first-order valence-corrected chi connectivity index (χ1v) is 6.77. The number of allylic oxidation sites excluding steroid dienone is 2. The van der Waals surface area contributed by atoms with Gasteiger partial charge in [-0.25, -0.2) is 0 Å². The van der Waals surface area contributed by atoms with Crippen LogP contribution in [0.3, 0.4) is 0 Å². The number of aromatic amines is 1. The van der Waals surface area contributed by atoms with Crippen LogP contribution < -0.4 is 0 Å². The quantitative estimate of drug-likeness (QED) is 0.796. The van der Waals surface area contributed by atoms with E-state index in [0.29, 0.717) is 0 Å². The first kappa shape index (κ1) is 11.5. The van der Waals surface area contributed by atoms with Gasteiger partial charge in [-0.15, -0.1) is 0 Å². The number of H-pyrrole nitrogens is 1. The minimum absolute atomic E-state index is 0.999. The van der Waals surface area contributed by atoms with Crippen molar-refractivity contribution in [1.82, 2.24) is 4.98 Å². The molecule has 18 heavy (non-hydrogen) atoms. The molecule has 2 nitrogen and oxygen atoms in total. The van der Waals surface area contributed by atoms with E-state index in [1.807, 2.05) is 30.6 Å². The largest absolute Gasteiger partial charge is 0.361 e. The number of nitrogens with zero attached hydrogens (tertiary/aromatic N) is 1. The van der Waals surface area contributed by atoms with Gasteiger partial charge in [0.05, 0.1) is 5.70 Å². The fourth-order valence-electron chi connectivity index (χ4n) is 1.99. The maximum Gasteiger partial charge on any atom is 0.0729 e. The van der Waals surface area contributed by atoms with Crippen molar-refractivity contribution in [3.63, 3.8) is 0 Å². The number of rotatable bonds is 2. The molecule has 1 aliphatic heterocycles. The molecule has 0 spiro atoms. The Bertz CT molecular complexity index is 618. The Morgan fingerprint density at radius 3 is 2.56 bits per heavy atom. The van der Waals surface area contributed by atoms with E-state index < -0.39 is 0 Å². The van der Waals surface area contributed by atoms with Crippen molar-refractivity contribution in [3.8, 4) is 0 Å². The maximum absolute atomic E-state index is 4.41. The summed E-state index contributed by atoms with van der Waals surface area (Å²) in [7, 11) is 0. The van der Waals surface area contributed by atoms with Crippen LogP contribution in [0, 0.1) is 3.57 Å². The predicted molar refractivity (Wildman–Crippen MR) is 83.6 cm³/mol. The number of aromatic nitrogens is 1. The molecule has 0 radical (unpaired) electrons. The molecular formula is C15H11IN2. The van der Waals surface area contributed by atoms with Gasteiger partial charge in [-0.3, -0.25) is 4.99 Å². The van der Waals surface area contributed by atoms with Crippen molar-refractivity contribution in [2.45, 2.75) is 0 Å². The van der Waals surface area contributed by atoms with Gasteiger partial charge in [0.15, 0.2) is 0 Å². The van der Waals surface area contributed by atoms with Gasteiger partial charge in [-0.05, 0) is 64.6 Å². The molecule has 1 aliphatic rings. The molecule has 0 saturated carbocycles. The first-order chi connectivity index (χ1) is 8.84. The van der Waals surface area contributed by atoms with Crippen LogP contribution in [0.2, 0.25) is 0 Å². The summed E-state index contributed by atoms with van der Waals surface area (Å²) in [6.07, 6.45) is 7.76. The summed E-state index contributed by atoms with van der Waals surface area (Å²) in [6.45, 7) is 0. The standard InChI is InChI=1S/C15H11IN2/c16-12-7-5-11(6-8-12)15(13-3-1-9-17-13)14-4-2-10-18-14/h1-10,17H. The SMILES string of the molecule is Ic1ccc(C(=C2C=CC=N2)c2ccc[nH]2)cc1. The van der Waals surface area contributed by atoms with Crippen LogP contribution in [0.25, 0.3) is 5.57 Å². The molecule has 1 aromatic heterocycles. The van der Waals surface area contributed by atoms with E-state index in [2.05, 4.69) is 62.9 Å². The average molecular weight is 346 g/mol. The zero-order valence-electron chi connectivity index (χ0n) is 9.60. The lowest BCUT2D eigenvalue weighted by Crippen LogP contribution is -1.91. The molecule has 0 unspecified atom stereocenters. The first-order valence-electron chi connectivity index (χ1n) is 5.69. The van der Waals surface area contributed by atoms with E-state index >= 15 is 0 Å². The molecule has 3 rings (SSSR count). The molecular weight excluding hydrogens is 335 g/mol. The van der Waals surface area contributed by atoms with Crippen molar-refractivity contribution in [2.75, 3.05) is 0 Å². The predicted octanol–water partition coefficient (Wildman–Crippen LogP) is 4.02. The zero-order valence-corrected chi connectivity index (χ0v) is 11.8. The Hall–Kier alpha value is -1.62. The molecule has 2 heterocycles. The maximum atomic E-state index is 4.41. The fourth-order valence-corrected chi connectivity index (χ4v) is 2.35. The van der Waals surface area contributed by atoms with Crippen LogP contribution in [-0.2, 0) is 0 Å². The second-order valence-corrected chi connectivity index (χ2v) is 5.23. The van der Waals surface area contributed by atoms with Gasteiger partial charge < -0.3 is 4.98 Å². The Morgan fingerprint density at radius 1 is 1.11 bits per heavy atom. The highest BCUT2D eigenvalue weighted by molar-refractivity contribution is 14.1. The van der Waals surface area contributed by atoms with Gasteiger partial charge in [-0.2, -0.15) is 0 Å². The van der Waals surface area contributed by atoms with E-state index in [0.717, 1.165) is 17.0 Å². The van der Waals surface area contributed by atoms with Crippen molar-refractivity contribution >= 4 is 34.4 Å². The third-order valence-electron chi connectivity index (χ3n) is 2.81. The molecule has 0 amide bonds. The molecule has 0 saturated heterocycles. The van der Waals surface area contributed by atoms with Crippen LogP contribution in [0.1, 0.15) is 11.3 Å². The smallest absolute Gasteiger partial charge is 0.0729 e. The van der Waals surface area contributed by atoms with Crippen molar-refractivity contribution in [1.29, 1.82) is 0 Å². The average Bonchev–Trinajstić information content (AvgIpc) is 3.06. The topological polar surface area (TPSA) is 28.1 Å². The minimum Gasteiger partial charge on any atom is -0.361 e. The summed E-state index contributed by atoms with van der Waals surface area (Å²) < 4.78 is 1.23. The summed E-state index contributed by atoms with van der Waals surface area (Å²) in [5.74, 6) is 0. The Morgan fingerprint density at radius 2 is 1.94 bits per heavy atom. The number of hydrogen-bond donors (Lipinski definition) is 1. The normalized spacial score (nSPS) is 16.3. The molecule has 2 aromatic rings. The second kappa shape index (κ2) is 4.94. The lowest BCUT2D eigenvalue weighted by molar-refractivity contribution is 1.32. The molecule has 1 aromatic carbocycles. The highest BCUT2D eigenvalue weighted by atomic mass is 127. The molecule has 0 bridgehead atoms. The molecule has 88 valence electrons. The number of nitrogens with one attached hydrogen (secondary N) is 1. The summed E-state index contributed by atoms with van der Waals surface area (Å²) >= 11 is 2.31. The van der Waals surface area contributed by atoms with Gasteiger partial charge in [0.2, 0.25) is 0 Å². The molecule has 0 aliphatic carbocycles. The molecule has 0 fully saturated rings. The molecule has 1 N–H and O–H groups in total. The number of hydrogen-bond acceptors (Lipinski definition) is 1. The number of benzene rings is 1. The Kier molecular flexibility index (Phi) is 3.15. The monoisotopic (exact) mass is 346 g/mol. The minimum atomic E-state index is 0.999. The van der Waals surface area contributed by atoms with Crippen LogP contribution in [0.5, 0.6) is 0 Å². The summed E-state index contributed by atoms with van der Waals surface area (Å²) in [5.41, 5.74) is 4.41. The zero-order chi connectivity index (χ0) is 12.4. The van der Waals surface area contributed by atoms with E-state index in [1.165, 1.54) is 9.13 Å². The molecule has 3 heteroatoms. The third kappa shape index (κ3) is 2.18. The summed E-state index contributed by atoms with van der Waals surface area (Å²) in [6, 6.07) is 12.6. The van der Waals surface area contributed by atoms with Crippen LogP contribution in [0.15, 0.2) is 65.4 Å². The van der Waals surface area contributed by atoms with Crippen LogP contribution in [0.4, 0.5) is 0 Å². The van der Waals surface area contributed by atoms with E-state index in [4.69, 9.17) is 0 Å². The van der Waals surface area contributed by atoms with Gasteiger partial charge in [-0.1, -0.05) is 12.1 Å². The molecule has 0 atom stereocenters. The van der Waals surface area contributed by atoms with E-state index in [9.17, 15) is 0 Å². The van der Waals surface area contributed by atoms with Crippen LogP contribution >= 0.6 is 22.6 Å². The van der Waals surface area contributed by atoms with E-state index in [1.54, 1.807) is 0 Å². The van der Waals surface area contributed by atoms with Gasteiger partial charge in [0, 0.05) is 27.2 Å². The summed E-state index contributed by atoms with van der Waals surface area (Å²) in [5, 5.41) is 0. The Labute approximate surface area is 119 Å². The van der Waals surface area contributed by atoms with Gasteiger partial charge in [0.25, 0.3) is 0 Å². The lowest BCUT2D eigenvalue weighted by Gasteiger charge is -2.08. The lowest BCUT2D eigenvalue weighted by atomic mass is 10.0. The van der Waals surface area contributed by atoms with Gasteiger partial charge >= 0.3 is 0 Å². The Balaban J connectivity index is 2.18. The van der Waals surface area contributed by atoms with Crippen molar-refractivity contribution < 1.29 is 0 Å². The highest BCUT2D eigenvalue weighted by Gasteiger charge is 2.11. The van der Waals surface area contributed by atoms with Gasteiger partial charge in [0.1, 0.15) is 0 Å². The highest BCUT2D eigenvalue weighted by Crippen LogP contribution is 2.28. The van der Waals surface area contributed by atoms with Crippen molar-refractivity contribution in [3.05, 3.63) is 75.3 Å². The third-order valence-corrected chi connectivity index (χ3v) is 3.53. The summed E-state index contributed by atoms with van der Waals surface area (Å²) in [4.78, 5) is 7.67. The number of halogens is 1. The van der Waals surface area contributed by atoms with E-state index in [-0.39, 0.29) is 0 Å².